The number of esters is 2. The van der Waals surface area contributed by atoms with E-state index in [1.165, 1.54) is 0 Å². The van der Waals surface area contributed by atoms with E-state index in [0.29, 0.717) is 6.08 Å². The summed E-state index contributed by atoms with van der Waals surface area (Å²) in [4.78, 5) is 21.2. The van der Waals surface area contributed by atoms with Crippen molar-refractivity contribution in [3.63, 3.8) is 0 Å². The number of halogens is 4. The predicted molar refractivity (Wildman–Crippen MR) is 61.4 cm³/mol. The van der Waals surface area contributed by atoms with Crippen LogP contribution in [0.1, 0.15) is 12.8 Å². The molecular weight excluding hydrogens is 284 g/mol. The number of hydrogen-bond acceptors (Lipinski definition) is 4. The molecule has 0 spiro atoms. The quantitative estimate of drug-likeness (QED) is 0.373. The molecule has 0 radical (unpaired) electrons. The van der Waals surface area contributed by atoms with Gasteiger partial charge in [-0.1, -0.05) is 13.2 Å². The molecule has 8 heteroatoms. The van der Waals surface area contributed by atoms with Gasteiger partial charge in [-0.3, -0.25) is 0 Å². The number of alkyl halides is 4. The van der Waals surface area contributed by atoms with E-state index in [1.54, 1.807) is 0 Å². The van der Waals surface area contributed by atoms with Crippen molar-refractivity contribution in [2.45, 2.75) is 24.7 Å². The Hall–Kier alpha value is -1.86. The third kappa shape index (κ3) is 8.28. The van der Waals surface area contributed by atoms with Gasteiger partial charge in [0.05, 0.1) is 13.0 Å². The van der Waals surface area contributed by atoms with Crippen LogP contribution in [0.4, 0.5) is 17.6 Å². The molecular formula is C12H14F4O4. The van der Waals surface area contributed by atoms with Crippen LogP contribution in [-0.4, -0.2) is 37.0 Å². The van der Waals surface area contributed by atoms with E-state index in [1.807, 2.05) is 0 Å². The first kappa shape index (κ1) is 18.1. The Balaban J connectivity index is 4.27. The van der Waals surface area contributed by atoms with E-state index in [2.05, 4.69) is 22.6 Å². The van der Waals surface area contributed by atoms with Crippen LogP contribution in [0.25, 0.3) is 0 Å². The molecule has 0 unspecified atom stereocenters. The highest BCUT2D eigenvalue weighted by atomic mass is 19.3. The van der Waals surface area contributed by atoms with Gasteiger partial charge in [-0.05, 0) is 0 Å². The number of carbonyl (C=O) groups excluding carboxylic acids is 2. The van der Waals surface area contributed by atoms with Crippen LogP contribution in [0.5, 0.6) is 0 Å². The highest BCUT2D eigenvalue weighted by Gasteiger charge is 2.44. The molecule has 0 aromatic carbocycles. The van der Waals surface area contributed by atoms with Crippen LogP contribution >= 0.6 is 0 Å². The predicted octanol–water partition coefficient (Wildman–Crippen LogP) is 2.50. The fraction of sp³-hybridized carbons (Fsp3) is 0.500. The smallest absolute Gasteiger partial charge is 0.330 e. The SMILES string of the molecule is C=CC(=O)OCCC(F)(F)CC(F)(F)COC(=O)C=C. The number of carbonyl (C=O) groups is 2. The van der Waals surface area contributed by atoms with Gasteiger partial charge in [-0.25, -0.2) is 27.2 Å². The Morgan fingerprint density at radius 1 is 0.950 bits per heavy atom. The molecule has 0 saturated heterocycles. The number of hydrogen-bond donors (Lipinski definition) is 0. The third-order valence-electron chi connectivity index (χ3n) is 1.99. The number of ether oxygens (including phenoxy) is 2. The van der Waals surface area contributed by atoms with Crippen molar-refractivity contribution in [2.75, 3.05) is 13.2 Å². The first-order valence-electron chi connectivity index (χ1n) is 5.46. The average Bonchev–Trinajstić information content (AvgIpc) is 2.34. The molecule has 0 N–H and O–H groups in total. The second-order valence-corrected chi connectivity index (χ2v) is 3.82. The van der Waals surface area contributed by atoms with Crippen LogP contribution in [0.15, 0.2) is 25.3 Å². The largest absolute Gasteiger partial charge is 0.462 e. The minimum absolute atomic E-state index is 0.642. The molecule has 0 aliphatic heterocycles. The van der Waals surface area contributed by atoms with Crippen molar-refractivity contribution >= 4 is 11.9 Å². The summed E-state index contributed by atoms with van der Waals surface area (Å²) < 4.78 is 61.0. The standard InChI is InChI=1S/C12H14F4O4/c1-3-9(17)19-6-5-11(13,14)7-12(15,16)8-20-10(18)4-2/h3-4H,1-2,5-8H2. The molecule has 114 valence electrons. The normalized spacial score (nSPS) is 11.6. The first-order chi connectivity index (χ1) is 9.12. The highest BCUT2D eigenvalue weighted by Crippen LogP contribution is 2.33. The Labute approximate surface area is 113 Å². The summed E-state index contributed by atoms with van der Waals surface area (Å²) in [6.07, 6.45) is -1.49. The Morgan fingerprint density at radius 3 is 1.95 bits per heavy atom. The summed E-state index contributed by atoms with van der Waals surface area (Å²) in [5, 5.41) is 0. The second-order valence-electron chi connectivity index (χ2n) is 3.82. The summed E-state index contributed by atoms with van der Waals surface area (Å²) in [6, 6.07) is 0. The molecule has 20 heavy (non-hydrogen) atoms. The number of rotatable bonds is 9. The van der Waals surface area contributed by atoms with Gasteiger partial charge in [-0.15, -0.1) is 0 Å². The van der Waals surface area contributed by atoms with Gasteiger partial charge < -0.3 is 9.47 Å². The van der Waals surface area contributed by atoms with Crippen molar-refractivity contribution in [2.24, 2.45) is 0 Å². The summed E-state index contributed by atoms with van der Waals surface area (Å²) in [7, 11) is 0. The fourth-order valence-electron chi connectivity index (χ4n) is 1.11. The molecule has 0 fully saturated rings. The minimum Gasteiger partial charge on any atom is -0.462 e. The van der Waals surface area contributed by atoms with Gasteiger partial charge in [0.2, 0.25) is 0 Å². The van der Waals surface area contributed by atoms with Crippen LogP contribution in [0.3, 0.4) is 0 Å². The molecule has 0 heterocycles. The van der Waals surface area contributed by atoms with Crippen molar-refractivity contribution in [3.8, 4) is 0 Å². The van der Waals surface area contributed by atoms with E-state index in [4.69, 9.17) is 0 Å². The van der Waals surface area contributed by atoms with Crippen molar-refractivity contribution < 1.29 is 36.6 Å². The van der Waals surface area contributed by atoms with Gasteiger partial charge in [0.1, 0.15) is 0 Å². The first-order valence-corrected chi connectivity index (χ1v) is 5.46. The van der Waals surface area contributed by atoms with E-state index in [9.17, 15) is 27.2 Å². The van der Waals surface area contributed by atoms with Gasteiger partial charge in [0, 0.05) is 18.6 Å². The van der Waals surface area contributed by atoms with Crippen LogP contribution in [-0.2, 0) is 19.1 Å². The third-order valence-corrected chi connectivity index (χ3v) is 1.99. The van der Waals surface area contributed by atoms with E-state index >= 15 is 0 Å². The summed E-state index contributed by atoms with van der Waals surface area (Å²) >= 11 is 0. The Morgan fingerprint density at radius 2 is 1.45 bits per heavy atom. The van der Waals surface area contributed by atoms with Crippen LogP contribution < -0.4 is 0 Å². The summed E-state index contributed by atoms with van der Waals surface area (Å²) in [6.45, 7) is 3.83. The zero-order chi connectivity index (χ0) is 15.8. The second kappa shape index (κ2) is 7.66. The monoisotopic (exact) mass is 298 g/mol. The molecule has 0 aliphatic carbocycles. The van der Waals surface area contributed by atoms with E-state index in [0.717, 1.165) is 6.08 Å². The maximum atomic E-state index is 13.2. The van der Waals surface area contributed by atoms with Crippen molar-refractivity contribution in [1.29, 1.82) is 0 Å². The maximum absolute atomic E-state index is 13.2. The Bertz CT molecular complexity index is 380. The van der Waals surface area contributed by atoms with Crippen LogP contribution in [0.2, 0.25) is 0 Å². The zero-order valence-electron chi connectivity index (χ0n) is 10.5. The van der Waals surface area contributed by atoms with Gasteiger partial charge in [-0.2, -0.15) is 0 Å². The van der Waals surface area contributed by atoms with E-state index in [-0.39, 0.29) is 0 Å². The molecule has 0 saturated carbocycles. The van der Waals surface area contributed by atoms with Gasteiger partial charge >= 0.3 is 11.9 Å². The topological polar surface area (TPSA) is 52.6 Å². The molecule has 0 aliphatic rings. The van der Waals surface area contributed by atoms with Gasteiger partial charge in [0.25, 0.3) is 11.8 Å². The summed E-state index contributed by atoms with van der Waals surface area (Å²) in [5.74, 6) is -9.73. The molecule has 0 amide bonds. The lowest BCUT2D eigenvalue weighted by Gasteiger charge is -2.22. The molecule has 0 atom stereocenters. The van der Waals surface area contributed by atoms with E-state index < -0.39 is 49.8 Å². The molecule has 4 nitrogen and oxygen atoms in total. The van der Waals surface area contributed by atoms with Crippen molar-refractivity contribution in [1.82, 2.24) is 0 Å². The van der Waals surface area contributed by atoms with Crippen LogP contribution in [0, 0.1) is 0 Å². The average molecular weight is 298 g/mol. The highest BCUT2D eigenvalue weighted by molar-refractivity contribution is 5.81. The molecule has 0 bridgehead atoms. The van der Waals surface area contributed by atoms with Gasteiger partial charge in [0.15, 0.2) is 6.61 Å². The lowest BCUT2D eigenvalue weighted by Crippen LogP contribution is -2.34. The minimum atomic E-state index is -3.90. The molecule has 0 aromatic heterocycles. The zero-order valence-corrected chi connectivity index (χ0v) is 10.5. The lowest BCUT2D eigenvalue weighted by atomic mass is 10.1. The Kier molecular flexibility index (Phi) is 6.95. The molecule has 0 aromatic rings. The fourth-order valence-corrected chi connectivity index (χ4v) is 1.11. The lowest BCUT2D eigenvalue weighted by molar-refractivity contribution is -0.166. The molecule has 0 rings (SSSR count). The maximum Gasteiger partial charge on any atom is 0.330 e. The summed E-state index contributed by atoms with van der Waals surface area (Å²) in [5.41, 5.74) is 0. The van der Waals surface area contributed by atoms with Crippen molar-refractivity contribution in [3.05, 3.63) is 25.3 Å².